The van der Waals surface area contributed by atoms with Gasteiger partial charge < -0.3 is 9.59 Å². The van der Waals surface area contributed by atoms with E-state index in [1.165, 1.54) is 5.69 Å². The molecule has 1 aliphatic carbocycles. The van der Waals surface area contributed by atoms with Gasteiger partial charge in [-0.15, -0.1) is 0 Å². The van der Waals surface area contributed by atoms with E-state index in [0.29, 0.717) is 12.3 Å². The number of aromatic nitrogens is 1. The average Bonchev–Trinajstić information content (AvgIpc) is 3.37. The molecule has 0 saturated carbocycles. The van der Waals surface area contributed by atoms with Gasteiger partial charge in [0.1, 0.15) is 6.54 Å². The molecule has 2 heterocycles. The van der Waals surface area contributed by atoms with Crippen LogP contribution >= 0.6 is 0 Å². The van der Waals surface area contributed by atoms with Gasteiger partial charge in [0.05, 0.1) is 25.6 Å². The molecule has 2 aromatic carbocycles. The number of hydrogen-bond donors (Lipinski definition) is 0. The molecule has 1 saturated heterocycles. The lowest BCUT2D eigenvalue weighted by Gasteiger charge is -2.37. The zero-order valence-electron chi connectivity index (χ0n) is 18.8. The number of likely N-dealkylation sites (tertiary alicyclic amines) is 1. The van der Waals surface area contributed by atoms with E-state index < -0.39 is 5.60 Å². The van der Waals surface area contributed by atoms with Crippen LogP contribution in [-0.4, -0.2) is 35.6 Å². The summed E-state index contributed by atoms with van der Waals surface area (Å²) in [7, 11) is 0. The molecular formula is C29H30N2O. The number of rotatable bonds is 5. The first-order chi connectivity index (χ1) is 15.7. The monoisotopic (exact) mass is 422 g/mol. The van der Waals surface area contributed by atoms with E-state index in [9.17, 15) is 5.11 Å². The molecule has 3 heteroatoms. The molecule has 2 unspecified atom stereocenters. The molecule has 2 atom stereocenters. The van der Waals surface area contributed by atoms with Crippen LogP contribution in [0, 0.1) is 11.8 Å². The molecule has 0 radical (unpaired) electrons. The van der Waals surface area contributed by atoms with Crippen LogP contribution in [0.1, 0.15) is 48.9 Å². The van der Waals surface area contributed by atoms with Crippen LogP contribution < -0.4 is 5.11 Å². The van der Waals surface area contributed by atoms with Crippen molar-refractivity contribution < 1.29 is 9.59 Å². The van der Waals surface area contributed by atoms with Crippen LogP contribution in [0.5, 0.6) is 0 Å². The van der Waals surface area contributed by atoms with E-state index in [-0.39, 0.29) is 0 Å². The summed E-state index contributed by atoms with van der Waals surface area (Å²) in [5.41, 5.74) is 3.78. The third-order valence-corrected chi connectivity index (χ3v) is 7.25. The summed E-state index contributed by atoms with van der Waals surface area (Å²) in [5, 5.41) is 14.1. The summed E-state index contributed by atoms with van der Waals surface area (Å²) in [4.78, 5) is 4.60. The van der Waals surface area contributed by atoms with E-state index >= 15 is 0 Å². The van der Waals surface area contributed by atoms with Gasteiger partial charge in [-0.05, 0) is 52.3 Å². The minimum atomic E-state index is -1.28. The van der Waals surface area contributed by atoms with Gasteiger partial charge in [0, 0.05) is 24.7 Å². The Bertz CT molecular complexity index is 1110. The second-order valence-electron chi connectivity index (χ2n) is 9.32. The van der Waals surface area contributed by atoms with Crippen molar-refractivity contribution in [1.82, 2.24) is 4.98 Å². The van der Waals surface area contributed by atoms with Crippen LogP contribution in [0.2, 0.25) is 0 Å². The standard InChI is InChI=1S/C29H30N2O/c1-2-19-31(21-16-23(22-31)28-15-7-9-18-30-28)20-10-8-17-29(32)26-13-5-3-11-24(26)25-12-4-6-14-27(25)29/h3-7,9,11-15,18,23H,2,16-17,19-22H2,1H3. The van der Waals surface area contributed by atoms with E-state index in [0.717, 1.165) is 65.8 Å². The van der Waals surface area contributed by atoms with Crippen LogP contribution in [0.4, 0.5) is 0 Å². The van der Waals surface area contributed by atoms with Gasteiger partial charge in [0.25, 0.3) is 0 Å². The normalized spacial score (nSPS) is 22.6. The van der Waals surface area contributed by atoms with Crippen molar-refractivity contribution in [2.24, 2.45) is 0 Å². The van der Waals surface area contributed by atoms with Gasteiger partial charge >= 0.3 is 0 Å². The minimum Gasteiger partial charge on any atom is -0.842 e. The fourth-order valence-corrected chi connectivity index (χ4v) is 5.73. The minimum absolute atomic E-state index is 0.316. The Morgan fingerprint density at radius 1 is 0.969 bits per heavy atom. The molecule has 3 aromatic rings. The fraction of sp³-hybridized carbons (Fsp3) is 0.345. The summed E-state index contributed by atoms with van der Waals surface area (Å²) in [6.07, 6.45) is 4.51. The Morgan fingerprint density at radius 2 is 1.66 bits per heavy atom. The number of hydrogen-bond acceptors (Lipinski definition) is 2. The van der Waals surface area contributed by atoms with Crippen molar-refractivity contribution in [3.63, 3.8) is 0 Å². The Hall–Kier alpha value is -2.93. The first kappa shape index (κ1) is 20.9. The Kier molecular flexibility index (Phi) is 5.59. The number of quaternary nitrogens is 1. The zero-order valence-corrected chi connectivity index (χ0v) is 18.8. The SMILES string of the molecule is CCC[N+]1(CC#CCC2([O-])c3ccccc3-c3ccccc32)CCC(c2ccccn2)C1. The highest BCUT2D eigenvalue weighted by atomic mass is 16.3. The third kappa shape index (κ3) is 3.64. The Labute approximate surface area is 191 Å². The van der Waals surface area contributed by atoms with Gasteiger partial charge in [-0.2, -0.15) is 0 Å². The number of pyridine rings is 1. The summed E-state index contributed by atoms with van der Waals surface area (Å²) in [6, 6.07) is 22.3. The van der Waals surface area contributed by atoms with Gasteiger partial charge in [-0.25, -0.2) is 0 Å². The molecule has 1 aliphatic heterocycles. The molecule has 162 valence electrons. The van der Waals surface area contributed by atoms with Crippen molar-refractivity contribution in [1.29, 1.82) is 0 Å². The van der Waals surface area contributed by atoms with Crippen LogP contribution in [0.25, 0.3) is 11.1 Å². The van der Waals surface area contributed by atoms with E-state index in [2.05, 4.69) is 48.0 Å². The van der Waals surface area contributed by atoms with Gasteiger partial charge in [-0.3, -0.25) is 4.98 Å². The summed E-state index contributed by atoms with van der Waals surface area (Å²) in [6.45, 7) is 6.43. The maximum Gasteiger partial charge on any atom is 0.140 e. The highest BCUT2D eigenvalue weighted by Gasteiger charge is 2.38. The third-order valence-electron chi connectivity index (χ3n) is 7.25. The zero-order chi connectivity index (χ0) is 22.0. The highest BCUT2D eigenvalue weighted by molar-refractivity contribution is 5.79. The average molecular weight is 423 g/mol. The number of benzene rings is 2. The Balaban J connectivity index is 1.35. The lowest BCUT2D eigenvalue weighted by atomic mass is 9.88. The van der Waals surface area contributed by atoms with E-state index in [1.54, 1.807) is 0 Å². The highest BCUT2D eigenvalue weighted by Crippen LogP contribution is 2.47. The summed E-state index contributed by atoms with van der Waals surface area (Å²) in [5.74, 6) is 7.26. The predicted octanol–water partition coefficient (Wildman–Crippen LogP) is 4.47. The Morgan fingerprint density at radius 3 is 2.31 bits per heavy atom. The van der Waals surface area contributed by atoms with Crippen molar-refractivity contribution in [3.05, 3.63) is 89.7 Å². The predicted molar refractivity (Wildman–Crippen MR) is 127 cm³/mol. The lowest BCUT2D eigenvalue weighted by Crippen LogP contribution is -2.46. The van der Waals surface area contributed by atoms with Gasteiger partial charge in [-0.1, -0.05) is 67.4 Å². The molecule has 3 nitrogen and oxygen atoms in total. The van der Waals surface area contributed by atoms with Crippen molar-refractivity contribution in [2.75, 3.05) is 26.2 Å². The second-order valence-corrected chi connectivity index (χ2v) is 9.32. The molecular weight excluding hydrogens is 392 g/mol. The molecule has 1 fully saturated rings. The van der Waals surface area contributed by atoms with Crippen LogP contribution in [-0.2, 0) is 5.60 Å². The maximum atomic E-state index is 14.1. The smallest absolute Gasteiger partial charge is 0.140 e. The van der Waals surface area contributed by atoms with Gasteiger partial charge in [0.15, 0.2) is 0 Å². The molecule has 32 heavy (non-hydrogen) atoms. The number of nitrogens with zero attached hydrogens (tertiary/aromatic N) is 2. The first-order valence-corrected chi connectivity index (χ1v) is 11.8. The van der Waals surface area contributed by atoms with Crippen molar-refractivity contribution in [2.45, 2.75) is 37.7 Å². The molecule has 1 aromatic heterocycles. The largest absolute Gasteiger partial charge is 0.842 e. The molecule has 0 N–H and O–H groups in total. The molecule has 0 spiro atoms. The van der Waals surface area contributed by atoms with Crippen molar-refractivity contribution >= 4 is 0 Å². The lowest BCUT2D eigenvalue weighted by molar-refractivity contribution is -0.910. The van der Waals surface area contributed by atoms with E-state index in [4.69, 9.17) is 0 Å². The maximum absolute atomic E-state index is 14.1. The fourth-order valence-electron chi connectivity index (χ4n) is 5.73. The van der Waals surface area contributed by atoms with E-state index in [1.807, 2.05) is 48.7 Å². The number of fused-ring (bicyclic) bond motifs is 3. The van der Waals surface area contributed by atoms with Gasteiger partial charge in [0.2, 0.25) is 0 Å². The molecule has 2 aliphatic rings. The first-order valence-electron chi connectivity index (χ1n) is 11.8. The van der Waals surface area contributed by atoms with Crippen LogP contribution in [0.3, 0.4) is 0 Å². The molecule has 5 rings (SSSR count). The van der Waals surface area contributed by atoms with Crippen LogP contribution in [0.15, 0.2) is 72.9 Å². The molecule has 0 bridgehead atoms. The molecule has 0 amide bonds. The summed E-state index contributed by atoms with van der Waals surface area (Å²) < 4.78 is 1.02. The quantitative estimate of drug-likeness (QED) is 0.449. The second kappa shape index (κ2) is 8.54. The van der Waals surface area contributed by atoms with Crippen molar-refractivity contribution in [3.8, 4) is 23.0 Å². The summed E-state index contributed by atoms with van der Waals surface area (Å²) >= 11 is 0. The topological polar surface area (TPSA) is 36.0 Å².